The second kappa shape index (κ2) is 8.83. The third-order valence-electron chi connectivity index (χ3n) is 4.84. The van der Waals surface area contributed by atoms with Crippen LogP contribution in [0.3, 0.4) is 0 Å². The minimum atomic E-state index is -0.451. The zero-order chi connectivity index (χ0) is 20.9. The number of anilines is 4. The normalized spacial score (nSPS) is 13.8. The van der Waals surface area contributed by atoms with Gasteiger partial charge in [-0.15, -0.1) is 0 Å². The number of para-hydroxylation sites is 1. The SMILES string of the molecule is O=[N+]([O-])c1c(NNc2ccccc2)ncnc1N1CCN(c2cccc(Cl)c2)CC1. The number of rotatable bonds is 6. The first kappa shape index (κ1) is 19.7. The molecule has 2 N–H and O–H groups in total. The van der Waals surface area contributed by atoms with Gasteiger partial charge in [0.1, 0.15) is 6.33 Å². The molecule has 10 heteroatoms. The van der Waals surface area contributed by atoms with Gasteiger partial charge in [0, 0.05) is 36.9 Å². The lowest BCUT2D eigenvalue weighted by Crippen LogP contribution is -2.47. The van der Waals surface area contributed by atoms with Crippen molar-refractivity contribution in [2.24, 2.45) is 0 Å². The molecule has 0 amide bonds. The molecule has 0 aliphatic carbocycles. The van der Waals surface area contributed by atoms with Crippen LogP contribution in [0.5, 0.6) is 0 Å². The third kappa shape index (κ3) is 4.36. The van der Waals surface area contributed by atoms with Crippen LogP contribution in [0, 0.1) is 10.1 Å². The maximum atomic E-state index is 11.8. The average Bonchev–Trinajstić information content (AvgIpc) is 2.78. The minimum Gasteiger partial charge on any atom is -0.368 e. The molecule has 1 aromatic heterocycles. The standard InChI is InChI=1S/C20H20ClN7O2/c21-15-5-4-8-17(13-15)26-9-11-27(12-10-26)20-18(28(29)30)19(22-14-23-20)25-24-16-6-2-1-3-7-16/h1-8,13-14,24H,9-12H2,(H,22,23,25). The van der Waals surface area contributed by atoms with E-state index in [2.05, 4.69) is 25.7 Å². The van der Waals surface area contributed by atoms with E-state index in [-0.39, 0.29) is 11.5 Å². The Balaban J connectivity index is 1.50. The van der Waals surface area contributed by atoms with Crippen LogP contribution in [0.2, 0.25) is 5.02 Å². The number of nitro groups is 1. The fourth-order valence-electron chi connectivity index (χ4n) is 3.36. The van der Waals surface area contributed by atoms with Gasteiger partial charge in [-0.2, -0.15) is 0 Å². The average molecular weight is 426 g/mol. The molecule has 0 atom stereocenters. The van der Waals surface area contributed by atoms with E-state index in [1.165, 1.54) is 6.33 Å². The number of hydrogen-bond donors (Lipinski definition) is 2. The topological polar surface area (TPSA) is 99.5 Å². The second-order valence-corrected chi connectivity index (χ2v) is 7.16. The van der Waals surface area contributed by atoms with Crippen molar-refractivity contribution in [2.45, 2.75) is 0 Å². The molecule has 30 heavy (non-hydrogen) atoms. The lowest BCUT2D eigenvalue weighted by Gasteiger charge is -2.36. The smallest absolute Gasteiger partial charge is 0.355 e. The maximum absolute atomic E-state index is 11.8. The van der Waals surface area contributed by atoms with Gasteiger partial charge in [-0.1, -0.05) is 35.9 Å². The van der Waals surface area contributed by atoms with E-state index in [9.17, 15) is 10.1 Å². The molecule has 1 saturated heterocycles. The van der Waals surface area contributed by atoms with E-state index in [1.54, 1.807) is 0 Å². The highest BCUT2D eigenvalue weighted by Crippen LogP contribution is 2.33. The van der Waals surface area contributed by atoms with Crippen molar-refractivity contribution < 1.29 is 4.92 Å². The lowest BCUT2D eigenvalue weighted by molar-refractivity contribution is -0.383. The van der Waals surface area contributed by atoms with Gasteiger partial charge in [-0.05, 0) is 30.3 Å². The first-order valence-electron chi connectivity index (χ1n) is 9.44. The summed E-state index contributed by atoms with van der Waals surface area (Å²) in [5, 5.41) is 12.5. The van der Waals surface area contributed by atoms with Crippen LogP contribution in [0.25, 0.3) is 0 Å². The summed E-state index contributed by atoms with van der Waals surface area (Å²) in [6.45, 7) is 2.59. The summed E-state index contributed by atoms with van der Waals surface area (Å²) >= 11 is 6.09. The van der Waals surface area contributed by atoms with Crippen molar-refractivity contribution in [2.75, 3.05) is 46.8 Å². The Kier molecular flexibility index (Phi) is 5.80. The van der Waals surface area contributed by atoms with E-state index >= 15 is 0 Å². The largest absolute Gasteiger partial charge is 0.368 e. The highest BCUT2D eigenvalue weighted by Gasteiger charge is 2.29. The molecule has 154 valence electrons. The van der Waals surface area contributed by atoms with Crippen LogP contribution >= 0.6 is 11.6 Å². The van der Waals surface area contributed by atoms with Crippen LogP contribution < -0.4 is 20.7 Å². The fourth-order valence-corrected chi connectivity index (χ4v) is 3.55. The molecule has 2 heterocycles. The summed E-state index contributed by atoms with van der Waals surface area (Å²) in [4.78, 5) is 23.8. The number of nitrogens with zero attached hydrogens (tertiary/aromatic N) is 5. The van der Waals surface area contributed by atoms with Crippen molar-refractivity contribution in [1.29, 1.82) is 0 Å². The molecule has 0 bridgehead atoms. The zero-order valence-electron chi connectivity index (χ0n) is 16.0. The summed E-state index contributed by atoms with van der Waals surface area (Å²) in [7, 11) is 0. The monoisotopic (exact) mass is 425 g/mol. The molecule has 0 saturated carbocycles. The molecule has 9 nitrogen and oxygen atoms in total. The molecule has 0 spiro atoms. The van der Waals surface area contributed by atoms with Crippen molar-refractivity contribution >= 4 is 40.3 Å². The molecule has 1 fully saturated rings. The van der Waals surface area contributed by atoms with Crippen LogP contribution in [0.1, 0.15) is 0 Å². The van der Waals surface area contributed by atoms with Crippen LogP contribution in [-0.2, 0) is 0 Å². The molecular weight excluding hydrogens is 406 g/mol. The fraction of sp³-hybridized carbons (Fsp3) is 0.200. The number of aromatic nitrogens is 2. The van der Waals surface area contributed by atoms with E-state index in [4.69, 9.17) is 11.6 Å². The number of nitrogens with one attached hydrogen (secondary N) is 2. The van der Waals surface area contributed by atoms with Gasteiger partial charge in [0.2, 0.25) is 11.6 Å². The van der Waals surface area contributed by atoms with Crippen LogP contribution in [0.4, 0.5) is 28.7 Å². The lowest BCUT2D eigenvalue weighted by atomic mass is 10.2. The quantitative estimate of drug-likeness (QED) is 0.454. The van der Waals surface area contributed by atoms with Crippen molar-refractivity contribution in [1.82, 2.24) is 9.97 Å². The Morgan fingerprint density at radius 1 is 0.933 bits per heavy atom. The summed E-state index contributed by atoms with van der Waals surface area (Å²) < 4.78 is 0. The number of benzene rings is 2. The number of hydrazine groups is 1. The molecule has 0 unspecified atom stereocenters. The summed E-state index contributed by atoms with van der Waals surface area (Å²) in [6.07, 6.45) is 1.33. The van der Waals surface area contributed by atoms with E-state index in [0.29, 0.717) is 37.0 Å². The molecule has 1 aliphatic rings. The van der Waals surface area contributed by atoms with Gasteiger partial charge in [-0.25, -0.2) is 9.97 Å². The highest BCUT2D eigenvalue weighted by atomic mass is 35.5. The van der Waals surface area contributed by atoms with Crippen molar-refractivity contribution in [3.63, 3.8) is 0 Å². The summed E-state index contributed by atoms with van der Waals surface area (Å²) in [5.74, 6) is 0.421. The number of halogens is 1. The van der Waals surface area contributed by atoms with Gasteiger partial charge in [0.25, 0.3) is 0 Å². The Morgan fingerprint density at radius 3 is 2.37 bits per heavy atom. The van der Waals surface area contributed by atoms with E-state index < -0.39 is 4.92 Å². The summed E-state index contributed by atoms with van der Waals surface area (Å²) in [6, 6.07) is 17.0. The minimum absolute atomic E-state index is 0.117. The van der Waals surface area contributed by atoms with Gasteiger partial charge in [0.05, 0.1) is 10.6 Å². The molecular formula is C20H20ClN7O2. The molecule has 3 aromatic rings. The Morgan fingerprint density at radius 2 is 1.67 bits per heavy atom. The predicted octanol–water partition coefficient (Wildman–Crippen LogP) is 3.80. The van der Waals surface area contributed by atoms with Crippen LogP contribution in [-0.4, -0.2) is 41.1 Å². The van der Waals surface area contributed by atoms with Crippen LogP contribution in [0.15, 0.2) is 60.9 Å². The van der Waals surface area contributed by atoms with Crippen molar-refractivity contribution in [3.05, 3.63) is 76.1 Å². The van der Waals surface area contributed by atoms with Gasteiger partial charge < -0.3 is 9.80 Å². The first-order chi connectivity index (χ1) is 14.6. The van der Waals surface area contributed by atoms with Gasteiger partial charge >= 0.3 is 5.69 Å². The summed E-state index contributed by atoms with van der Waals surface area (Å²) in [5.41, 5.74) is 7.42. The van der Waals surface area contributed by atoms with E-state index in [1.807, 2.05) is 59.5 Å². The van der Waals surface area contributed by atoms with Gasteiger partial charge in [-0.3, -0.25) is 21.0 Å². The molecule has 1 aliphatic heterocycles. The van der Waals surface area contributed by atoms with Crippen molar-refractivity contribution in [3.8, 4) is 0 Å². The second-order valence-electron chi connectivity index (χ2n) is 6.72. The van der Waals surface area contributed by atoms with Gasteiger partial charge in [0.15, 0.2) is 0 Å². The molecule has 4 rings (SSSR count). The molecule has 0 radical (unpaired) electrons. The van der Waals surface area contributed by atoms with E-state index in [0.717, 1.165) is 11.4 Å². The Hall–Kier alpha value is -3.59. The third-order valence-corrected chi connectivity index (χ3v) is 5.07. The maximum Gasteiger partial charge on any atom is 0.355 e. The zero-order valence-corrected chi connectivity index (χ0v) is 16.8. The number of hydrogen-bond acceptors (Lipinski definition) is 8. The number of piperazine rings is 1. The Bertz CT molecular complexity index is 1030. The highest BCUT2D eigenvalue weighted by molar-refractivity contribution is 6.30. The molecule has 2 aromatic carbocycles. The Labute approximate surface area is 178 Å². The first-order valence-corrected chi connectivity index (χ1v) is 9.81. The predicted molar refractivity (Wildman–Crippen MR) is 118 cm³/mol.